The highest BCUT2D eigenvalue weighted by Crippen LogP contribution is 2.32. The van der Waals surface area contributed by atoms with E-state index in [1.54, 1.807) is 12.1 Å². The van der Waals surface area contributed by atoms with E-state index in [1.165, 1.54) is 12.1 Å². The van der Waals surface area contributed by atoms with Gasteiger partial charge in [-0.05, 0) is 36.2 Å². The van der Waals surface area contributed by atoms with Gasteiger partial charge < -0.3 is 5.32 Å². The van der Waals surface area contributed by atoms with Crippen LogP contribution in [0.2, 0.25) is 15.1 Å². The highest BCUT2D eigenvalue weighted by molar-refractivity contribution is 7.91. The van der Waals surface area contributed by atoms with Crippen LogP contribution in [0.25, 0.3) is 0 Å². The quantitative estimate of drug-likeness (QED) is 0.685. The fraction of sp³-hybridized carbons (Fsp3) is 0.235. The fourth-order valence-electron chi connectivity index (χ4n) is 2.19. The maximum Gasteiger partial charge on any atom is 0.239 e. The number of sulfone groups is 1. The minimum Gasteiger partial charge on any atom is -0.325 e. The SMILES string of the molecule is CCc1ccc(NC(=O)CS(=O)(=O)Cc2c(Cl)ccc(Cl)c2Cl)cc1. The van der Waals surface area contributed by atoms with E-state index in [0.717, 1.165) is 12.0 Å². The Kier molecular flexibility index (Phi) is 6.74. The summed E-state index contributed by atoms with van der Waals surface area (Å²) in [5.74, 6) is -1.77. The normalized spacial score (nSPS) is 11.4. The van der Waals surface area contributed by atoms with Crippen molar-refractivity contribution in [1.82, 2.24) is 0 Å². The summed E-state index contributed by atoms with van der Waals surface area (Å²) in [6.45, 7) is 2.02. The van der Waals surface area contributed by atoms with Crippen LogP contribution in [0.3, 0.4) is 0 Å². The average molecular weight is 421 g/mol. The molecule has 25 heavy (non-hydrogen) atoms. The zero-order valence-corrected chi connectivity index (χ0v) is 16.4. The van der Waals surface area contributed by atoms with Crippen LogP contribution in [0.5, 0.6) is 0 Å². The standard InChI is InChI=1S/C17H16Cl3NO3S/c1-2-11-3-5-12(6-4-11)21-16(22)10-25(23,24)9-13-14(18)7-8-15(19)17(13)20/h3-8H,2,9-10H2,1H3,(H,21,22). The first-order chi connectivity index (χ1) is 11.7. The molecule has 8 heteroatoms. The fourth-order valence-corrected chi connectivity index (χ4v) is 4.35. The van der Waals surface area contributed by atoms with Crippen molar-refractivity contribution in [2.45, 2.75) is 19.1 Å². The lowest BCUT2D eigenvalue weighted by molar-refractivity contribution is -0.113. The Morgan fingerprint density at radius 2 is 1.60 bits per heavy atom. The number of carbonyl (C=O) groups excluding carboxylic acids is 1. The number of rotatable bonds is 6. The third kappa shape index (κ3) is 5.61. The molecule has 0 radical (unpaired) electrons. The van der Waals surface area contributed by atoms with Gasteiger partial charge in [-0.3, -0.25) is 4.79 Å². The number of carbonyl (C=O) groups is 1. The summed E-state index contributed by atoms with van der Waals surface area (Å²) < 4.78 is 24.6. The van der Waals surface area contributed by atoms with E-state index in [4.69, 9.17) is 34.8 Å². The van der Waals surface area contributed by atoms with Gasteiger partial charge in [-0.25, -0.2) is 8.42 Å². The van der Waals surface area contributed by atoms with Crippen LogP contribution in [0, 0.1) is 0 Å². The van der Waals surface area contributed by atoms with Crippen LogP contribution in [0.1, 0.15) is 18.1 Å². The van der Waals surface area contributed by atoms with E-state index in [2.05, 4.69) is 5.32 Å². The van der Waals surface area contributed by atoms with E-state index in [-0.39, 0.29) is 20.6 Å². The largest absolute Gasteiger partial charge is 0.325 e. The molecule has 0 bridgehead atoms. The smallest absolute Gasteiger partial charge is 0.239 e. The van der Waals surface area contributed by atoms with Crippen LogP contribution in [-0.4, -0.2) is 20.1 Å². The number of amides is 1. The second-order valence-electron chi connectivity index (χ2n) is 5.45. The second kappa shape index (κ2) is 8.41. The number of nitrogens with one attached hydrogen (secondary N) is 1. The first-order valence-electron chi connectivity index (χ1n) is 7.43. The molecule has 2 aromatic carbocycles. The molecule has 0 spiro atoms. The van der Waals surface area contributed by atoms with Crippen LogP contribution in [-0.2, 0) is 26.8 Å². The Labute approximate surface area is 162 Å². The Bertz CT molecular complexity index is 881. The Morgan fingerprint density at radius 3 is 2.20 bits per heavy atom. The lowest BCUT2D eigenvalue weighted by Gasteiger charge is -2.10. The first kappa shape index (κ1) is 20.0. The summed E-state index contributed by atoms with van der Waals surface area (Å²) in [7, 11) is -3.77. The van der Waals surface area contributed by atoms with Gasteiger partial charge in [0.15, 0.2) is 9.84 Å². The second-order valence-corrected chi connectivity index (χ2v) is 8.71. The van der Waals surface area contributed by atoms with Crippen molar-refractivity contribution in [3.05, 3.63) is 62.6 Å². The van der Waals surface area contributed by atoms with Gasteiger partial charge in [-0.2, -0.15) is 0 Å². The molecule has 0 aliphatic rings. The molecule has 0 aliphatic heterocycles. The van der Waals surface area contributed by atoms with Gasteiger partial charge in [-0.15, -0.1) is 0 Å². The van der Waals surface area contributed by atoms with Gasteiger partial charge in [0.25, 0.3) is 0 Å². The number of benzene rings is 2. The zero-order chi connectivity index (χ0) is 18.6. The Hall–Kier alpha value is -1.27. The third-order valence-corrected chi connectivity index (χ3v) is 6.13. The van der Waals surface area contributed by atoms with E-state index < -0.39 is 27.3 Å². The maximum absolute atomic E-state index is 12.3. The van der Waals surface area contributed by atoms with E-state index in [0.29, 0.717) is 5.69 Å². The molecule has 1 amide bonds. The van der Waals surface area contributed by atoms with E-state index >= 15 is 0 Å². The summed E-state index contributed by atoms with van der Waals surface area (Å²) in [5, 5.41) is 3.04. The van der Waals surface area contributed by atoms with Gasteiger partial charge >= 0.3 is 0 Å². The number of hydrogen-bond donors (Lipinski definition) is 1. The predicted molar refractivity (Wildman–Crippen MR) is 103 cm³/mol. The van der Waals surface area contributed by atoms with Gasteiger partial charge in [0, 0.05) is 16.3 Å². The number of anilines is 1. The number of hydrogen-bond acceptors (Lipinski definition) is 3. The first-order valence-corrected chi connectivity index (χ1v) is 10.4. The maximum atomic E-state index is 12.3. The summed E-state index contributed by atoms with van der Waals surface area (Å²) >= 11 is 17.9. The molecule has 0 atom stereocenters. The molecular weight excluding hydrogens is 405 g/mol. The molecule has 134 valence electrons. The molecule has 0 saturated carbocycles. The molecule has 0 unspecified atom stereocenters. The van der Waals surface area contributed by atoms with Crippen LogP contribution >= 0.6 is 34.8 Å². The van der Waals surface area contributed by atoms with Gasteiger partial charge in [0.2, 0.25) is 5.91 Å². The molecule has 0 heterocycles. The van der Waals surface area contributed by atoms with Crippen molar-refractivity contribution in [2.75, 3.05) is 11.1 Å². The highest BCUT2D eigenvalue weighted by Gasteiger charge is 2.21. The molecule has 2 aromatic rings. The molecule has 0 aromatic heterocycles. The Morgan fingerprint density at radius 1 is 1.00 bits per heavy atom. The molecule has 0 fully saturated rings. The van der Waals surface area contributed by atoms with Crippen molar-refractivity contribution in [3.8, 4) is 0 Å². The molecule has 1 N–H and O–H groups in total. The molecule has 2 rings (SSSR count). The van der Waals surface area contributed by atoms with Gasteiger partial charge in [0.05, 0.1) is 15.8 Å². The summed E-state index contributed by atoms with van der Waals surface area (Å²) in [6.07, 6.45) is 0.879. The Balaban J connectivity index is 2.07. The van der Waals surface area contributed by atoms with Crippen molar-refractivity contribution in [1.29, 1.82) is 0 Å². The van der Waals surface area contributed by atoms with Crippen molar-refractivity contribution >= 4 is 56.2 Å². The summed E-state index contributed by atoms with van der Waals surface area (Å²) in [6, 6.07) is 10.2. The minimum absolute atomic E-state index is 0.0771. The van der Waals surface area contributed by atoms with E-state index in [1.807, 2.05) is 19.1 Å². The highest BCUT2D eigenvalue weighted by atomic mass is 35.5. The van der Waals surface area contributed by atoms with Gasteiger partial charge in [-0.1, -0.05) is 53.9 Å². The monoisotopic (exact) mass is 419 g/mol. The van der Waals surface area contributed by atoms with Crippen LogP contribution < -0.4 is 5.32 Å². The lowest BCUT2D eigenvalue weighted by atomic mass is 10.1. The molecule has 0 aliphatic carbocycles. The molecule has 0 saturated heterocycles. The topological polar surface area (TPSA) is 63.2 Å². The lowest BCUT2D eigenvalue weighted by Crippen LogP contribution is -2.24. The number of aryl methyl sites for hydroxylation is 1. The summed E-state index contributed by atoms with van der Waals surface area (Å²) in [5.41, 5.74) is 1.85. The zero-order valence-electron chi connectivity index (χ0n) is 13.4. The predicted octanol–water partition coefficient (Wildman–Crippen LogP) is 4.76. The van der Waals surface area contributed by atoms with E-state index in [9.17, 15) is 13.2 Å². The van der Waals surface area contributed by atoms with Crippen LogP contribution in [0.15, 0.2) is 36.4 Å². The minimum atomic E-state index is -3.77. The van der Waals surface area contributed by atoms with Crippen molar-refractivity contribution in [2.24, 2.45) is 0 Å². The number of halogens is 3. The van der Waals surface area contributed by atoms with Crippen molar-refractivity contribution in [3.63, 3.8) is 0 Å². The van der Waals surface area contributed by atoms with Crippen molar-refractivity contribution < 1.29 is 13.2 Å². The molecular formula is C17H16Cl3NO3S. The summed E-state index contributed by atoms with van der Waals surface area (Å²) in [4.78, 5) is 12.0. The average Bonchev–Trinajstić information content (AvgIpc) is 2.55. The molecule has 4 nitrogen and oxygen atoms in total. The third-order valence-electron chi connectivity index (χ3n) is 3.50. The van der Waals surface area contributed by atoms with Crippen LogP contribution in [0.4, 0.5) is 5.69 Å². The van der Waals surface area contributed by atoms with Gasteiger partial charge in [0.1, 0.15) is 5.75 Å².